The van der Waals surface area contributed by atoms with E-state index in [-0.39, 0.29) is 5.91 Å². The molecule has 0 aliphatic heterocycles. The zero-order chi connectivity index (χ0) is 12.9. The van der Waals surface area contributed by atoms with Crippen LogP contribution < -0.4 is 5.32 Å². The Morgan fingerprint density at radius 1 is 1.38 bits per heavy atom. The second kappa shape index (κ2) is 6.06. The molecule has 0 bridgehead atoms. The van der Waals surface area contributed by atoms with Crippen LogP contribution in [-0.4, -0.2) is 54.2 Å². The zero-order valence-corrected chi connectivity index (χ0v) is 9.68. The minimum Gasteiger partial charge on any atom is -0.425 e. The third-order valence-corrected chi connectivity index (χ3v) is 2.12. The Labute approximate surface area is 93.4 Å². The van der Waals surface area contributed by atoms with Crippen LogP contribution in [0.15, 0.2) is 0 Å². The van der Waals surface area contributed by atoms with Crippen molar-refractivity contribution < 1.29 is 24.2 Å². The van der Waals surface area contributed by atoms with Crippen molar-refractivity contribution in [3.8, 4) is 0 Å². The van der Waals surface area contributed by atoms with Crippen LogP contribution >= 0.6 is 0 Å². The normalized spacial score (nSPS) is 13.6. The minimum atomic E-state index is -1.86. The topological polar surface area (TPSA) is 95.9 Å². The average molecular weight is 232 g/mol. The molecule has 2 N–H and O–H groups in total. The standard InChI is InChI=1S/C9H16N2O5/c1-5(11(4)6(2)12)8(14)16-9(15)7(13)10-3/h5,9,15H,1-4H3,(H,10,13). The molecule has 0 rings (SSSR count). The molecule has 7 heteroatoms. The summed E-state index contributed by atoms with van der Waals surface area (Å²) in [6.45, 7) is 2.72. The molecule has 2 atom stereocenters. The smallest absolute Gasteiger partial charge is 0.331 e. The molecular formula is C9H16N2O5. The molecule has 0 saturated carbocycles. The van der Waals surface area contributed by atoms with E-state index in [1.165, 1.54) is 27.9 Å². The Bertz CT molecular complexity index is 292. The highest BCUT2D eigenvalue weighted by Gasteiger charge is 2.26. The van der Waals surface area contributed by atoms with Crippen LogP contribution in [0.2, 0.25) is 0 Å². The van der Waals surface area contributed by atoms with E-state index in [2.05, 4.69) is 10.1 Å². The lowest BCUT2D eigenvalue weighted by Gasteiger charge is -2.22. The van der Waals surface area contributed by atoms with Crippen molar-refractivity contribution in [3.05, 3.63) is 0 Å². The number of aliphatic hydroxyl groups is 1. The Kier molecular flexibility index (Phi) is 5.44. The van der Waals surface area contributed by atoms with Gasteiger partial charge in [0.1, 0.15) is 6.04 Å². The van der Waals surface area contributed by atoms with E-state index in [0.717, 1.165) is 4.90 Å². The third-order valence-electron chi connectivity index (χ3n) is 2.12. The van der Waals surface area contributed by atoms with E-state index in [9.17, 15) is 14.4 Å². The number of hydrogen-bond acceptors (Lipinski definition) is 5. The first-order valence-corrected chi connectivity index (χ1v) is 4.64. The predicted molar refractivity (Wildman–Crippen MR) is 54.1 cm³/mol. The molecule has 92 valence electrons. The first kappa shape index (κ1) is 14.4. The fraction of sp³-hybridized carbons (Fsp3) is 0.667. The molecule has 0 fully saturated rings. The second-order valence-corrected chi connectivity index (χ2v) is 3.21. The first-order valence-electron chi connectivity index (χ1n) is 4.64. The summed E-state index contributed by atoms with van der Waals surface area (Å²) in [6.07, 6.45) is -1.86. The van der Waals surface area contributed by atoms with Crippen LogP contribution in [0, 0.1) is 0 Å². The molecule has 0 aliphatic carbocycles. The molecule has 0 spiro atoms. The van der Waals surface area contributed by atoms with Crippen molar-refractivity contribution >= 4 is 17.8 Å². The molecule has 16 heavy (non-hydrogen) atoms. The summed E-state index contributed by atoms with van der Waals surface area (Å²) in [6, 6.07) is -0.864. The van der Waals surface area contributed by atoms with Crippen molar-refractivity contribution in [2.24, 2.45) is 0 Å². The van der Waals surface area contributed by atoms with Gasteiger partial charge in [-0.2, -0.15) is 0 Å². The molecule has 0 aromatic rings. The quantitative estimate of drug-likeness (QED) is 0.452. The molecule has 0 saturated heterocycles. The third kappa shape index (κ3) is 3.85. The molecule has 2 unspecified atom stereocenters. The van der Waals surface area contributed by atoms with E-state index in [1.54, 1.807) is 0 Å². The van der Waals surface area contributed by atoms with Gasteiger partial charge in [-0.15, -0.1) is 0 Å². The van der Waals surface area contributed by atoms with Crippen LogP contribution in [0.4, 0.5) is 0 Å². The van der Waals surface area contributed by atoms with Crippen LogP contribution in [0.3, 0.4) is 0 Å². The Morgan fingerprint density at radius 3 is 2.25 bits per heavy atom. The van der Waals surface area contributed by atoms with E-state index in [1.807, 2.05) is 0 Å². The summed E-state index contributed by atoms with van der Waals surface area (Å²) in [5.41, 5.74) is 0. The van der Waals surface area contributed by atoms with Crippen molar-refractivity contribution in [1.29, 1.82) is 0 Å². The van der Waals surface area contributed by atoms with Gasteiger partial charge in [0.05, 0.1) is 0 Å². The Morgan fingerprint density at radius 2 is 1.88 bits per heavy atom. The minimum absolute atomic E-state index is 0.320. The number of nitrogens with one attached hydrogen (secondary N) is 1. The molecule has 0 radical (unpaired) electrons. The number of carbonyl (C=O) groups is 3. The van der Waals surface area contributed by atoms with Gasteiger partial charge in [-0.1, -0.05) is 0 Å². The fourth-order valence-electron chi connectivity index (χ4n) is 0.816. The zero-order valence-electron chi connectivity index (χ0n) is 9.68. The largest absolute Gasteiger partial charge is 0.425 e. The van der Waals surface area contributed by atoms with Gasteiger partial charge in [-0.3, -0.25) is 9.59 Å². The molecule has 0 aliphatic rings. The van der Waals surface area contributed by atoms with Crippen molar-refractivity contribution in [3.63, 3.8) is 0 Å². The Balaban J connectivity index is 4.36. The maximum Gasteiger partial charge on any atom is 0.331 e. The lowest BCUT2D eigenvalue weighted by atomic mass is 10.3. The van der Waals surface area contributed by atoms with Gasteiger partial charge in [0, 0.05) is 21.0 Å². The number of nitrogens with zero attached hydrogens (tertiary/aromatic N) is 1. The van der Waals surface area contributed by atoms with Crippen LogP contribution in [0.25, 0.3) is 0 Å². The summed E-state index contributed by atoms with van der Waals surface area (Å²) in [5, 5.41) is 11.2. The number of ether oxygens (including phenoxy) is 1. The van der Waals surface area contributed by atoms with E-state index in [0.29, 0.717) is 0 Å². The summed E-state index contributed by atoms with van der Waals surface area (Å²) in [7, 11) is 2.71. The van der Waals surface area contributed by atoms with Crippen molar-refractivity contribution in [2.45, 2.75) is 26.2 Å². The highest BCUT2D eigenvalue weighted by atomic mass is 16.6. The highest BCUT2D eigenvalue weighted by Crippen LogP contribution is 2.01. The number of hydrogen-bond donors (Lipinski definition) is 2. The van der Waals surface area contributed by atoms with Gasteiger partial charge in [-0.05, 0) is 6.92 Å². The number of esters is 1. The average Bonchev–Trinajstić information content (AvgIpc) is 2.25. The predicted octanol–water partition coefficient (Wildman–Crippen LogP) is -1.54. The van der Waals surface area contributed by atoms with Gasteiger partial charge in [0.15, 0.2) is 0 Å². The lowest BCUT2D eigenvalue weighted by molar-refractivity contribution is -0.180. The molecule has 0 heterocycles. The van der Waals surface area contributed by atoms with Gasteiger partial charge in [0.25, 0.3) is 12.2 Å². The molecule has 7 nitrogen and oxygen atoms in total. The summed E-state index contributed by atoms with van der Waals surface area (Å²) in [5.74, 6) is -2.00. The summed E-state index contributed by atoms with van der Waals surface area (Å²) < 4.78 is 4.45. The lowest BCUT2D eigenvalue weighted by Crippen LogP contribution is -2.44. The number of rotatable bonds is 4. The highest BCUT2D eigenvalue weighted by molar-refractivity contribution is 5.86. The molecular weight excluding hydrogens is 216 g/mol. The fourth-order valence-corrected chi connectivity index (χ4v) is 0.816. The second-order valence-electron chi connectivity index (χ2n) is 3.21. The molecule has 2 amide bonds. The van der Waals surface area contributed by atoms with E-state index < -0.39 is 24.2 Å². The maximum absolute atomic E-state index is 11.4. The van der Waals surface area contributed by atoms with E-state index >= 15 is 0 Å². The number of carbonyl (C=O) groups excluding carboxylic acids is 3. The van der Waals surface area contributed by atoms with Crippen LogP contribution in [0.5, 0.6) is 0 Å². The van der Waals surface area contributed by atoms with Gasteiger partial charge < -0.3 is 20.1 Å². The Hall–Kier alpha value is -1.63. The monoisotopic (exact) mass is 232 g/mol. The SMILES string of the molecule is CNC(=O)C(O)OC(=O)C(C)N(C)C(C)=O. The summed E-state index contributed by atoms with van der Waals surface area (Å²) >= 11 is 0. The van der Waals surface area contributed by atoms with Crippen LogP contribution in [-0.2, 0) is 19.1 Å². The molecule has 0 aromatic heterocycles. The number of amides is 2. The van der Waals surface area contributed by atoms with Gasteiger partial charge in [0.2, 0.25) is 5.91 Å². The molecule has 0 aromatic carbocycles. The van der Waals surface area contributed by atoms with Crippen molar-refractivity contribution in [1.82, 2.24) is 10.2 Å². The number of aliphatic hydroxyl groups excluding tert-OH is 1. The first-order chi connectivity index (χ1) is 7.31. The van der Waals surface area contributed by atoms with Crippen LogP contribution in [0.1, 0.15) is 13.8 Å². The maximum atomic E-state index is 11.4. The summed E-state index contributed by atoms with van der Waals surface area (Å²) in [4.78, 5) is 34.3. The van der Waals surface area contributed by atoms with Gasteiger partial charge in [-0.25, -0.2) is 4.79 Å². The van der Waals surface area contributed by atoms with Crippen molar-refractivity contribution in [2.75, 3.05) is 14.1 Å². The van der Waals surface area contributed by atoms with E-state index in [4.69, 9.17) is 5.11 Å². The van der Waals surface area contributed by atoms with Gasteiger partial charge >= 0.3 is 5.97 Å². The number of likely N-dealkylation sites (N-methyl/N-ethyl adjacent to an activating group) is 2.